The SMILES string of the molecule is Cc1cccc(NC2=C(Sc3ccccc3)C(=O)N(c3cc(C(F)(F)F)ccc3Cl)C2=O)c1. The first-order chi connectivity index (χ1) is 15.6. The maximum Gasteiger partial charge on any atom is 0.416 e. The van der Waals surface area contributed by atoms with Gasteiger partial charge in [0.15, 0.2) is 0 Å². The summed E-state index contributed by atoms with van der Waals surface area (Å²) in [6.45, 7) is 1.87. The molecule has 33 heavy (non-hydrogen) atoms. The summed E-state index contributed by atoms with van der Waals surface area (Å²) in [4.78, 5) is 28.1. The van der Waals surface area contributed by atoms with Crippen LogP contribution in [0.3, 0.4) is 0 Å². The molecule has 1 aliphatic heterocycles. The Morgan fingerprint density at radius 1 is 0.909 bits per heavy atom. The number of hydrogen-bond donors (Lipinski definition) is 1. The minimum absolute atomic E-state index is 0.0343. The monoisotopic (exact) mass is 488 g/mol. The highest BCUT2D eigenvalue weighted by Crippen LogP contribution is 2.41. The van der Waals surface area contributed by atoms with Gasteiger partial charge in [0.05, 0.1) is 16.3 Å². The number of rotatable bonds is 5. The molecule has 4 rings (SSSR count). The van der Waals surface area contributed by atoms with Gasteiger partial charge in [-0.1, -0.05) is 53.7 Å². The lowest BCUT2D eigenvalue weighted by atomic mass is 10.2. The van der Waals surface area contributed by atoms with Crippen LogP contribution in [0.2, 0.25) is 5.02 Å². The van der Waals surface area contributed by atoms with Gasteiger partial charge in [-0.2, -0.15) is 13.2 Å². The second kappa shape index (κ2) is 8.96. The Morgan fingerprint density at radius 2 is 1.64 bits per heavy atom. The van der Waals surface area contributed by atoms with E-state index in [2.05, 4.69) is 5.32 Å². The van der Waals surface area contributed by atoms with Crippen molar-refractivity contribution in [3.05, 3.63) is 99.5 Å². The minimum atomic E-state index is -4.66. The van der Waals surface area contributed by atoms with Crippen LogP contribution in [0.4, 0.5) is 24.5 Å². The van der Waals surface area contributed by atoms with Crippen molar-refractivity contribution < 1.29 is 22.8 Å². The van der Waals surface area contributed by atoms with E-state index in [1.807, 2.05) is 13.0 Å². The molecule has 0 aliphatic carbocycles. The van der Waals surface area contributed by atoms with Crippen molar-refractivity contribution in [2.24, 2.45) is 0 Å². The Kier molecular flexibility index (Phi) is 6.23. The fourth-order valence-electron chi connectivity index (χ4n) is 3.27. The van der Waals surface area contributed by atoms with Crippen LogP contribution in [-0.4, -0.2) is 11.8 Å². The molecule has 0 radical (unpaired) electrons. The van der Waals surface area contributed by atoms with Gasteiger partial charge in [0, 0.05) is 10.6 Å². The third-order valence-electron chi connectivity index (χ3n) is 4.81. The normalized spacial score (nSPS) is 14.3. The molecule has 0 bridgehead atoms. The zero-order valence-electron chi connectivity index (χ0n) is 17.1. The number of thioether (sulfide) groups is 1. The molecule has 0 aromatic heterocycles. The molecule has 0 atom stereocenters. The molecule has 168 valence electrons. The van der Waals surface area contributed by atoms with Gasteiger partial charge in [0.1, 0.15) is 10.6 Å². The van der Waals surface area contributed by atoms with Crippen molar-refractivity contribution in [3.8, 4) is 0 Å². The molecular weight excluding hydrogens is 473 g/mol. The van der Waals surface area contributed by atoms with Crippen LogP contribution in [0.15, 0.2) is 88.3 Å². The largest absolute Gasteiger partial charge is 0.416 e. The van der Waals surface area contributed by atoms with Gasteiger partial charge in [-0.25, -0.2) is 4.90 Å². The first-order valence-electron chi connectivity index (χ1n) is 9.71. The zero-order chi connectivity index (χ0) is 23.8. The molecule has 0 spiro atoms. The number of alkyl halides is 3. The molecule has 9 heteroatoms. The molecule has 0 unspecified atom stereocenters. The summed E-state index contributed by atoms with van der Waals surface area (Å²) in [6, 6.07) is 18.6. The third kappa shape index (κ3) is 4.77. The standard InChI is InChI=1S/C24H16ClF3N2O2S/c1-14-6-5-7-16(12-14)29-20-21(33-17-8-3-2-4-9-17)23(32)30(22(20)31)19-13-15(24(26,27)28)10-11-18(19)25/h2-13,29H,1H3. The van der Waals surface area contributed by atoms with Gasteiger partial charge >= 0.3 is 6.18 Å². The number of carbonyl (C=O) groups excluding carboxylic acids is 2. The molecule has 4 nitrogen and oxygen atoms in total. The maximum atomic E-state index is 13.4. The predicted molar refractivity (Wildman–Crippen MR) is 123 cm³/mol. The second-order valence-electron chi connectivity index (χ2n) is 7.22. The maximum absolute atomic E-state index is 13.4. The predicted octanol–water partition coefficient (Wildman–Crippen LogP) is 6.66. The minimum Gasteiger partial charge on any atom is -0.350 e. The van der Waals surface area contributed by atoms with Crippen molar-refractivity contribution >= 4 is 46.6 Å². The fraction of sp³-hybridized carbons (Fsp3) is 0.0833. The van der Waals surface area contributed by atoms with Gasteiger partial charge in [0.2, 0.25) is 0 Å². The molecule has 1 heterocycles. The number of halogens is 4. The van der Waals surface area contributed by atoms with Gasteiger partial charge in [-0.05, 0) is 55.0 Å². The van der Waals surface area contributed by atoms with E-state index < -0.39 is 23.6 Å². The van der Waals surface area contributed by atoms with E-state index in [1.54, 1.807) is 48.5 Å². The van der Waals surface area contributed by atoms with Crippen molar-refractivity contribution in [2.45, 2.75) is 18.0 Å². The Morgan fingerprint density at radius 3 is 2.30 bits per heavy atom. The molecule has 3 aromatic rings. The van der Waals surface area contributed by atoms with E-state index in [-0.39, 0.29) is 21.3 Å². The average molecular weight is 489 g/mol. The first-order valence-corrected chi connectivity index (χ1v) is 10.9. The summed E-state index contributed by atoms with van der Waals surface area (Å²) >= 11 is 7.18. The smallest absolute Gasteiger partial charge is 0.350 e. The van der Waals surface area contributed by atoms with E-state index in [4.69, 9.17) is 11.6 Å². The van der Waals surface area contributed by atoms with Gasteiger partial charge in [-0.15, -0.1) is 0 Å². The van der Waals surface area contributed by atoms with Crippen molar-refractivity contribution in [1.82, 2.24) is 0 Å². The van der Waals surface area contributed by atoms with Crippen LogP contribution in [0.25, 0.3) is 0 Å². The van der Waals surface area contributed by atoms with E-state index in [0.717, 1.165) is 29.5 Å². The summed E-state index contributed by atoms with van der Waals surface area (Å²) in [7, 11) is 0. The highest BCUT2D eigenvalue weighted by atomic mass is 35.5. The molecular formula is C24H16ClF3N2O2S. The number of aryl methyl sites for hydroxylation is 1. The lowest BCUT2D eigenvalue weighted by Crippen LogP contribution is -2.33. The number of carbonyl (C=O) groups is 2. The Labute approximate surface area is 197 Å². The van der Waals surface area contributed by atoms with Gasteiger partial charge < -0.3 is 5.32 Å². The summed E-state index contributed by atoms with van der Waals surface area (Å²) < 4.78 is 39.9. The van der Waals surface area contributed by atoms with E-state index in [1.165, 1.54) is 0 Å². The second-order valence-corrected chi connectivity index (χ2v) is 8.71. The number of nitrogens with one attached hydrogen (secondary N) is 1. The molecule has 0 saturated heterocycles. The van der Waals surface area contributed by atoms with Crippen LogP contribution >= 0.6 is 23.4 Å². The van der Waals surface area contributed by atoms with Crippen molar-refractivity contribution in [1.29, 1.82) is 0 Å². The average Bonchev–Trinajstić information content (AvgIpc) is 2.98. The van der Waals surface area contributed by atoms with Gasteiger partial charge in [-0.3, -0.25) is 9.59 Å². The molecule has 1 N–H and O–H groups in total. The van der Waals surface area contributed by atoms with E-state index >= 15 is 0 Å². The van der Waals surface area contributed by atoms with Gasteiger partial charge in [0.25, 0.3) is 11.8 Å². The van der Waals surface area contributed by atoms with E-state index in [0.29, 0.717) is 21.5 Å². The number of imide groups is 1. The summed E-state index contributed by atoms with van der Waals surface area (Å²) in [6.07, 6.45) is -4.66. The quantitative estimate of drug-likeness (QED) is 0.408. The number of nitrogens with zero attached hydrogens (tertiary/aromatic N) is 1. The first kappa shape index (κ1) is 22.9. The Hall–Kier alpha value is -3.23. The van der Waals surface area contributed by atoms with Crippen molar-refractivity contribution in [2.75, 3.05) is 10.2 Å². The van der Waals surface area contributed by atoms with Crippen LogP contribution in [0.5, 0.6) is 0 Å². The van der Waals surface area contributed by atoms with Crippen molar-refractivity contribution in [3.63, 3.8) is 0 Å². The molecule has 0 fully saturated rings. The number of hydrogen-bond acceptors (Lipinski definition) is 4. The third-order valence-corrected chi connectivity index (χ3v) is 6.22. The summed E-state index contributed by atoms with van der Waals surface area (Å²) in [5.74, 6) is -1.55. The highest BCUT2D eigenvalue weighted by Gasteiger charge is 2.42. The number of amides is 2. The summed E-state index contributed by atoms with van der Waals surface area (Å²) in [5.41, 5.74) is 0.114. The lowest BCUT2D eigenvalue weighted by Gasteiger charge is -2.18. The number of benzene rings is 3. The van der Waals surface area contributed by atoms with Crippen LogP contribution < -0.4 is 10.2 Å². The highest BCUT2D eigenvalue weighted by molar-refractivity contribution is 8.04. The molecule has 0 saturated carbocycles. The molecule has 2 amide bonds. The Balaban J connectivity index is 1.79. The van der Waals surface area contributed by atoms with E-state index in [9.17, 15) is 22.8 Å². The van der Waals surface area contributed by atoms with Crippen LogP contribution in [0.1, 0.15) is 11.1 Å². The topological polar surface area (TPSA) is 49.4 Å². The summed E-state index contributed by atoms with van der Waals surface area (Å²) in [5, 5.41) is 2.83. The fourth-order valence-corrected chi connectivity index (χ4v) is 4.42. The molecule has 3 aromatic carbocycles. The zero-order valence-corrected chi connectivity index (χ0v) is 18.7. The Bertz CT molecular complexity index is 1280. The van der Waals surface area contributed by atoms with Crippen LogP contribution in [-0.2, 0) is 15.8 Å². The lowest BCUT2D eigenvalue weighted by molar-refractivity contribution is -0.137. The number of anilines is 2. The van der Waals surface area contributed by atoms with Crippen LogP contribution in [0, 0.1) is 6.92 Å². The molecule has 1 aliphatic rings.